The van der Waals surface area contributed by atoms with E-state index in [9.17, 15) is 0 Å². The van der Waals surface area contributed by atoms with Crippen molar-refractivity contribution in [1.29, 1.82) is 0 Å². The molecule has 1 spiro atoms. The third-order valence-electron chi connectivity index (χ3n) is 14.9. The minimum Gasteiger partial charge on any atom is -0.310 e. The van der Waals surface area contributed by atoms with E-state index in [1.807, 2.05) is 0 Å². The van der Waals surface area contributed by atoms with Gasteiger partial charge in [-0.05, 0) is 117 Å². The van der Waals surface area contributed by atoms with Gasteiger partial charge in [-0.3, -0.25) is 0 Å². The second-order valence-electron chi connectivity index (χ2n) is 18.4. The number of para-hydroxylation sites is 5. The standard InChI is InChI=1S/C62H43N3/c1-61(2)49-27-13-16-30-54(49)64(43-34-37-53-47(39-43)45-35-33-40-19-9-10-24-44(40)60(45)65(53)42-22-7-4-8-23-42)57-38-36-52-58(59(57)61)46-25-11-12-26-48(46)62(52)50-28-14-17-31-55(50)63(41-20-5-3-6-21-41)56-32-18-15-29-51(56)62/h3-39H,1-2H3. The smallest absolute Gasteiger partial charge is 0.0754 e. The first-order valence-corrected chi connectivity index (χ1v) is 22.8. The van der Waals surface area contributed by atoms with Crippen LogP contribution in [0.2, 0.25) is 0 Å². The first kappa shape index (κ1) is 36.4. The van der Waals surface area contributed by atoms with Crippen molar-refractivity contribution in [2.75, 3.05) is 9.80 Å². The van der Waals surface area contributed by atoms with Gasteiger partial charge in [0, 0.05) is 38.6 Å². The molecule has 3 nitrogen and oxygen atoms in total. The van der Waals surface area contributed by atoms with Gasteiger partial charge in [-0.1, -0.05) is 172 Å². The van der Waals surface area contributed by atoms with Crippen LogP contribution in [-0.2, 0) is 10.8 Å². The fraction of sp³-hybridized carbons (Fsp3) is 0.0645. The predicted octanol–water partition coefficient (Wildman–Crippen LogP) is 16.2. The van der Waals surface area contributed by atoms with Gasteiger partial charge in [0.2, 0.25) is 0 Å². The summed E-state index contributed by atoms with van der Waals surface area (Å²) in [5.41, 5.74) is 20.5. The maximum Gasteiger partial charge on any atom is 0.0754 e. The maximum absolute atomic E-state index is 2.55. The van der Waals surface area contributed by atoms with E-state index in [0.717, 1.165) is 17.1 Å². The molecule has 11 aromatic rings. The lowest BCUT2D eigenvalue weighted by molar-refractivity contribution is 0.632. The molecule has 0 unspecified atom stereocenters. The van der Waals surface area contributed by atoms with E-state index in [1.54, 1.807) is 0 Å². The van der Waals surface area contributed by atoms with E-state index in [-0.39, 0.29) is 5.41 Å². The Morgan fingerprint density at radius 3 is 1.65 bits per heavy atom. The van der Waals surface area contributed by atoms with Crippen LogP contribution in [-0.4, -0.2) is 4.57 Å². The van der Waals surface area contributed by atoms with Crippen LogP contribution in [0.5, 0.6) is 0 Å². The zero-order chi connectivity index (χ0) is 43.0. The van der Waals surface area contributed by atoms with Crippen LogP contribution < -0.4 is 9.80 Å². The van der Waals surface area contributed by atoms with E-state index in [4.69, 9.17) is 0 Å². The highest BCUT2D eigenvalue weighted by atomic mass is 15.2. The molecule has 0 radical (unpaired) electrons. The molecule has 1 aliphatic carbocycles. The van der Waals surface area contributed by atoms with Gasteiger partial charge in [-0.25, -0.2) is 0 Å². The summed E-state index contributed by atoms with van der Waals surface area (Å²) in [5, 5.41) is 4.98. The Balaban J connectivity index is 1.06. The largest absolute Gasteiger partial charge is 0.310 e. The molecule has 14 rings (SSSR count). The van der Waals surface area contributed by atoms with E-state index in [2.05, 4.69) is 253 Å². The summed E-state index contributed by atoms with van der Waals surface area (Å²) in [4.78, 5) is 5.01. The van der Waals surface area contributed by atoms with Crippen LogP contribution in [0.4, 0.5) is 34.1 Å². The lowest BCUT2D eigenvalue weighted by Crippen LogP contribution is -2.36. The Hall–Kier alpha value is -8.14. The van der Waals surface area contributed by atoms with Gasteiger partial charge < -0.3 is 14.4 Å². The van der Waals surface area contributed by atoms with Gasteiger partial charge in [0.15, 0.2) is 0 Å². The highest BCUT2D eigenvalue weighted by Crippen LogP contribution is 2.67. The molecule has 0 fully saturated rings. The van der Waals surface area contributed by atoms with Crippen LogP contribution >= 0.6 is 0 Å². The third kappa shape index (κ3) is 4.69. The van der Waals surface area contributed by atoms with Crippen molar-refractivity contribution < 1.29 is 0 Å². The highest BCUT2D eigenvalue weighted by Gasteiger charge is 2.54. The fourth-order valence-electron chi connectivity index (χ4n) is 12.4. The second kappa shape index (κ2) is 13.2. The van der Waals surface area contributed by atoms with Gasteiger partial charge in [-0.2, -0.15) is 0 Å². The van der Waals surface area contributed by atoms with Gasteiger partial charge >= 0.3 is 0 Å². The Bertz CT molecular complexity index is 3720. The molecule has 0 bridgehead atoms. The zero-order valence-corrected chi connectivity index (χ0v) is 36.2. The van der Waals surface area contributed by atoms with Crippen molar-refractivity contribution in [1.82, 2.24) is 4.57 Å². The minimum atomic E-state index is -0.543. The van der Waals surface area contributed by atoms with Crippen molar-refractivity contribution in [3.63, 3.8) is 0 Å². The topological polar surface area (TPSA) is 11.4 Å². The van der Waals surface area contributed by atoms with Gasteiger partial charge in [-0.15, -0.1) is 0 Å². The summed E-state index contributed by atoms with van der Waals surface area (Å²) in [7, 11) is 0. The molecule has 0 amide bonds. The molecule has 3 heterocycles. The Morgan fingerprint density at radius 2 is 0.923 bits per heavy atom. The van der Waals surface area contributed by atoms with E-state index in [0.29, 0.717) is 0 Å². The molecule has 65 heavy (non-hydrogen) atoms. The lowest BCUT2D eigenvalue weighted by Gasteiger charge is -2.46. The number of hydrogen-bond donors (Lipinski definition) is 0. The zero-order valence-electron chi connectivity index (χ0n) is 36.2. The molecule has 10 aromatic carbocycles. The highest BCUT2D eigenvalue weighted by molar-refractivity contribution is 6.19. The summed E-state index contributed by atoms with van der Waals surface area (Å²) < 4.78 is 2.46. The average Bonchev–Trinajstić information content (AvgIpc) is 3.85. The molecule has 0 saturated heterocycles. The predicted molar refractivity (Wildman–Crippen MR) is 271 cm³/mol. The Morgan fingerprint density at radius 1 is 0.354 bits per heavy atom. The number of nitrogens with zero attached hydrogens (tertiary/aromatic N) is 3. The van der Waals surface area contributed by atoms with Gasteiger partial charge in [0.1, 0.15) is 0 Å². The van der Waals surface area contributed by atoms with Crippen molar-refractivity contribution in [2.45, 2.75) is 24.7 Å². The second-order valence-corrected chi connectivity index (χ2v) is 18.4. The summed E-state index contributed by atoms with van der Waals surface area (Å²) in [6, 6.07) is 83.7. The molecule has 3 aliphatic rings. The van der Waals surface area contributed by atoms with Crippen LogP contribution in [0.25, 0.3) is 49.4 Å². The normalized spacial score (nSPS) is 14.8. The molecule has 0 atom stereocenters. The first-order chi connectivity index (χ1) is 32.0. The monoisotopic (exact) mass is 829 g/mol. The number of fused-ring (bicyclic) bond motifs is 17. The lowest BCUT2D eigenvalue weighted by atomic mass is 9.63. The molecule has 306 valence electrons. The van der Waals surface area contributed by atoms with Crippen LogP contribution in [0, 0.1) is 0 Å². The number of anilines is 6. The number of benzene rings is 10. The SMILES string of the molecule is CC1(C)c2ccccc2N(c2ccc3c(c2)c2ccc4ccccc4c2n3-c2ccccc2)c2ccc3c(c21)-c1ccccc1C31c2ccccc2N(c2ccccc2)c2ccccc21. The summed E-state index contributed by atoms with van der Waals surface area (Å²) >= 11 is 0. The molecule has 0 N–H and O–H groups in total. The molecular formula is C62H43N3. The summed E-state index contributed by atoms with van der Waals surface area (Å²) in [6.07, 6.45) is 0. The third-order valence-corrected chi connectivity index (χ3v) is 14.9. The first-order valence-electron chi connectivity index (χ1n) is 22.8. The van der Waals surface area contributed by atoms with Crippen LogP contribution in [0.3, 0.4) is 0 Å². The number of hydrogen-bond acceptors (Lipinski definition) is 2. The van der Waals surface area contributed by atoms with Gasteiger partial charge in [0.05, 0.1) is 39.2 Å². The van der Waals surface area contributed by atoms with Crippen LogP contribution in [0.1, 0.15) is 47.2 Å². The molecule has 3 heteroatoms. The Kier molecular flexibility index (Phi) is 7.38. The number of aromatic nitrogens is 1. The van der Waals surface area contributed by atoms with E-state index in [1.165, 1.54) is 99.8 Å². The maximum atomic E-state index is 2.55. The molecular weight excluding hydrogens is 787 g/mol. The minimum absolute atomic E-state index is 0.331. The average molecular weight is 830 g/mol. The summed E-state index contributed by atoms with van der Waals surface area (Å²) in [6.45, 7) is 4.88. The van der Waals surface area contributed by atoms with Gasteiger partial charge in [0.25, 0.3) is 0 Å². The fourth-order valence-corrected chi connectivity index (χ4v) is 12.4. The molecule has 0 saturated carbocycles. The van der Waals surface area contributed by atoms with Crippen molar-refractivity contribution in [3.05, 3.63) is 258 Å². The van der Waals surface area contributed by atoms with E-state index < -0.39 is 5.41 Å². The number of rotatable bonds is 3. The Labute approximate surface area is 378 Å². The molecule has 2 aliphatic heterocycles. The van der Waals surface area contributed by atoms with Crippen LogP contribution in [0.15, 0.2) is 224 Å². The van der Waals surface area contributed by atoms with E-state index >= 15 is 0 Å². The quantitative estimate of drug-likeness (QED) is 0.176. The van der Waals surface area contributed by atoms with Crippen molar-refractivity contribution >= 4 is 66.7 Å². The van der Waals surface area contributed by atoms with Crippen molar-refractivity contribution in [2.24, 2.45) is 0 Å². The van der Waals surface area contributed by atoms with Crippen molar-refractivity contribution in [3.8, 4) is 16.8 Å². The molecule has 1 aromatic heterocycles. The summed E-state index contributed by atoms with van der Waals surface area (Å²) in [5.74, 6) is 0.